The largest absolute Gasteiger partial charge is 0.493 e. The Labute approximate surface area is 108 Å². The van der Waals surface area contributed by atoms with Gasteiger partial charge in [0.2, 0.25) is 0 Å². The first-order valence-electron chi connectivity index (χ1n) is 5.90. The van der Waals surface area contributed by atoms with Crippen LogP contribution in [-0.2, 0) is 0 Å². The van der Waals surface area contributed by atoms with E-state index in [4.69, 9.17) is 21.1 Å². The summed E-state index contributed by atoms with van der Waals surface area (Å²) < 4.78 is 11.3. The van der Waals surface area contributed by atoms with Crippen molar-refractivity contribution in [1.29, 1.82) is 0 Å². The first-order valence-corrected chi connectivity index (χ1v) is 6.34. The Balaban J connectivity index is 2.15. The third-order valence-corrected chi connectivity index (χ3v) is 4.39. The Bertz CT molecular complexity index is 415. The van der Waals surface area contributed by atoms with Crippen LogP contribution in [0.25, 0.3) is 0 Å². The second kappa shape index (κ2) is 4.41. The number of hydrogen-bond donors (Lipinski definition) is 0. The highest BCUT2D eigenvalue weighted by Gasteiger charge is 2.49. The molecular weight excluding hydrogens is 236 g/mol. The molecule has 2 nitrogen and oxygen atoms in total. The zero-order valence-electron chi connectivity index (χ0n) is 10.8. The fraction of sp³-hybridized carbons (Fsp3) is 0.571. The maximum Gasteiger partial charge on any atom is 0.161 e. The van der Waals surface area contributed by atoms with Gasteiger partial charge in [-0.15, -0.1) is 11.6 Å². The minimum Gasteiger partial charge on any atom is -0.493 e. The molecule has 1 aromatic carbocycles. The lowest BCUT2D eigenvalue weighted by Crippen LogP contribution is -2.53. The molecule has 1 saturated carbocycles. The van der Waals surface area contributed by atoms with Crippen LogP contribution in [0.4, 0.5) is 0 Å². The second-order valence-electron chi connectivity index (χ2n) is 5.29. The molecule has 0 bridgehead atoms. The molecule has 1 aliphatic carbocycles. The standard InChI is InChI=1S/C14H19ClO2/c1-9-5-6-10(11(7-9)16-4)17-13-8-12(15)14(13,2)3/h5-7,12-13H,8H2,1-4H3. The van der Waals surface area contributed by atoms with E-state index in [1.54, 1.807) is 7.11 Å². The Kier molecular flexibility index (Phi) is 3.26. The van der Waals surface area contributed by atoms with Gasteiger partial charge >= 0.3 is 0 Å². The molecule has 1 fully saturated rings. The Morgan fingerprint density at radius 2 is 2.00 bits per heavy atom. The molecule has 0 aliphatic heterocycles. The highest BCUT2D eigenvalue weighted by Crippen LogP contribution is 2.47. The van der Waals surface area contributed by atoms with Gasteiger partial charge in [0, 0.05) is 17.2 Å². The maximum absolute atomic E-state index is 6.19. The normalized spacial score (nSPS) is 26.2. The number of alkyl halides is 1. The number of aryl methyl sites for hydroxylation is 1. The molecule has 0 N–H and O–H groups in total. The van der Waals surface area contributed by atoms with Gasteiger partial charge in [-0.1, -0.05) is 19.9 Å². The van der Waals surface area contributed by atoms with Gasteiger partial charge in [0.25, 0.3) is 0 Å². The lowest BCUT2D eigenvalue weighted by molar-refractivity contribution is -0.0144. The minimum atomic E-state index is 0.0253. The van der Waals surface area contributed by atoms with E-state index in [-0.39, 0.29) is 16.9 Å². The van der Waals surface area contributed by atoms with Gasteiger partial charge in [-0.3, -0.25) is 0 Å². The Hall–Kier alpha value is -0.890. The summed E-state index contributed by atoms with van der Waals surface area (Å²) in [7, 11) is 1.66. The van der Waals surface area contributed by atoms with Gasteiger partial charge in [0.1, 0.15) is 6.10 Å². The molecular formula is C14H19ClO2. The summed E-state index contributed by atoms with van der Waals surface area (Å²) in [6.07, 6.45) is 1.06. The molecule has 0 aromatic heterocycles. The monoisotopic (exact) mass is 254 g/mol. The van der Waals surface area contributed by atoms with E-state index in [2.05, 4.69) is 13.8 Å². The molecule has 3 heteroatoms. The molecule has 1 aromatic rings. The predicted octanol–water partition coefficient (Wildman–Crippen LogP) is 3.79. The number of methoxy groups -OCH3 is 1. The molecule has 0 radical (unpaired) electrons. The highest BCUT2D eigenvalue weighted by molar-refractivity contribution is 6.21. The van der Waals surface area contributed by atoms with Crippen molar-refractivity contribution in [3.8, 4) is 11.5 Å². The third kappa shape index (κ3) is 2.23. The minimum absolute atomic E-state index is 0.0253. The van der Waals surface area contributed by atoms with Crippen molar-refractivity contribution in [2.45, 2.75) is 38.7 Å². The molecule has 0 heterocycles. The van der Waals surface area contributed by atoms with Crippen molar-refractivity contribution in [3.05, 3.63) is 23.8 Å². The van der Waals surface area contributed by atoms with E-state index < -0.39 is 0 Å². The number of halogens is 1. The van der Waals surface area contributed by atoms with Gasteiger partial charge in [0.05, 0.1) is 7.11 Å². The smallest absolute Gasteiger partial charge is 0.161 e. The molecule has 2 unspecified atom stereocenters. The summed E-state index contributed by atoms with van der Waals surface area (Å²) in [6.45, 7) is 6.31. The van der Waals surface area contributed by atoms with Gasteiger partial charge in [-0.25, -0.2) is 0 Å². The molecule has 0 amide bonds. The first kappa shape index (κ1) is 12.6. The molecule has 1 aliphatic rings. The van der Waals surface area contributed by atoms with Crippen molar-refractivity contribution >= 4 is 11.6 Å². The fourth-order valence-electron chi connectivity index (χ4n) is 2.06. The van der Waals surface area contributed by atoms with E-state index in [9.17, 15) is 0 Å². The lowest BCUT2D eigenvalue weighted by atomic mass is 9.68. The van der Waals surface area contributed by atoms with Crippen LogP contribution in [0.15, 0.2) is 18.2 Å². The van der Waals surface area contributed by atoms with Crippen molar-refractivity contribution in [2.75, 3.05) is 7.11 Å². The SMILES string of the molecule is COc1cc(C)ccc1OC1CC(Cl)C1(C)C. The van der Waals surface area contributed by atoms with E-state index in [1.165, 1.54) is 0 Å². The van der Waals surface area contributed by atoms with E-state index in [0.717, 1.165) is 23.5 Å². The van der Waals surface area contributed by atoms with Crippen LogP contribution in [0, 0.1) is 12.3 Å². The zero-order chi connectivity index (χ0) is 12.6. The van der Waals surface area contributed by atoms with Gasteiger partial charge in [-0.2, -0.15) is 0 Å². The summed E-state index contributed by atoms with van der Waals surface area (Å²) in [4.78, 5) is 0. The third-order valence-electron chi connectivity index (χ3n) is 3.65. The fourth-order valence-corrected chi connectivity index (χ4v) is 2.36. The van der Waals surface area contributed by atoms with E-state index >= 15 is 0 Å². The number of benzene rings is 1. The van der Waals surface area contributed by atoms with E-state index in [1.807, 2.05) is 25.1 Å². The summed E-state index contributed by atoms with van der Waals surface area (Å²) in [6, 6.07) is 5.98. The number of hydrogen-bond acceptors (Lipinski definition) is 2. The Morgan fingerprint density at radius 1 is 1.29 bits per heavy atom. The zero-order valence-corrected chi connectivity index (χ0v) is 11.5. The summed E-state index contributed by atoms with van der Waals surface area (Å²) >= 11 is 6.19. The first-order chi connectivity index (χ1) is 7.95. The van der Waals surface area contributed by atoms with Gasteiger partial charge in [-0.05, 0) is 24.6 Å². The van der Waals surface area contributed by atoms with Crippen LogP contribution in [0.1, 0.15) is 25.8 Å². The van der Waals surface area contributed by atoms with Crippen LogP contribution in [0.2, 0.25) is 0 Å². The predicted molar refractivity (Wildman–Crippen MR) is 70.2 cm³/mol. The molecule has 2 rings (SSSR count). The topological polar surface area (TPSA) is 18.5 Å². The molecule has 94 valence electrons. The van der Waals surface area contributed by atoms with Crippen molar-refractivity contribution in [1.82, 2.24) is 0 Å². The summed E-state index contributed by atoms with van der Waals surface area (Å²) in [5.74, 6) is 1.60. The molecule has 17 heavy (non-hydrogen) atoms. The highest BCUT2D eigenvalue weighted by atomic mass is 35.5. The molecule has 0 saturated heterocycles. The second-order valence-corrected chi connectivity index (χ2v) is 5.81. The van der Waals surface area contributed by atoms with E-state index in [0.29, 0.717) is 0 Å². The summed E-state index contributed by atoms with van der Waals surface area (Å²) in [5, 5.41) is 0.198. The Morgan fingerprint density at radius 3 is 2.53 bits per heavy atom. The average molecular weight is 255 g/mol. The van der Waals surface area contributed by atoms with Crippen LogP contribution in [-0.4, -0.2) is 18.6 Å². The van der Waals surface area contributed by atoms with Crippen LogP contribution < -0.4 is 9.47 Å². The van der Waals surface area contributed by atoms with Gasteiger partial charge < -0.3 is 9.47 Å². The molecule has 0 spiro atoms. The average Bonchev–Trinajstić information content (AvgIpc) is 2.30. The van der Waals surface area contributed by atoms with Crippen LogP contribution in [0.3, 0.4) is 0 Å². The number of ether oxygens (including phenoxy) is 2. The van der Waals surface area contributed by atoms with Crippen molar-refractivity contribution in [3.63, 3.8) is 0 Å². The maximum atomic E-state index is 6.19. The van der Waals surface area contributed by atoms with Crippen molar-refractivity contribution in [2.24, 2.45) is 5.41 Å². The number of rotatable bonds is 3. The lowest BCUT2D eigenvalue weighted by Gasteiger charge is -2.48. The van der Waals surface area contributed by atoms with Crippen LogP contribution in [0.5, 0.6) is 11.5 Å². The summed E-state index contributed by atoms with van der Waals surface area (Å²) in [5.41, 5.74) is 1.19. The van der Waals surface area contributed by atoms with Crippen molar-refractivity contribution < 1.29 is 9.47 Å². The quantitative estimate of drug-likeness (QED) is 0.764. The van der Waals surface area contributed by atoms with Gasteiger partial charge in [0.15, 0.2) is 11.5 Å². The molecule has 2 atom stereocenters. The van der Waals surface area contributed by atoms with Crippen LogP contribution >= 0.6 is 11.6 Å².